The Morgan fingerprint density at radius 2 is 1.00 bits per heavy atom. The quantitative estimate of drug-likeness (QED) is 0.726. The fraction of sp³-hybridized carbons (Fsp3) is 1.00. The first-order chi connectivity index (χ1) is 6.43. The molecule has 0 aromatic carbocycles. The molecule has 2 atom stereocenters. The summed E-state index contributed by atoms with van der Waals surface area (Å²) in [6, 6.07) is 1.25. The fourth-order valence-electron chi connectivity index (χ4n) is 2.27. The van der Waals surface area contributed by atoms with E-state index in [4.69, 9.17) is 0 Å². The molecule has 1 fully saturated rings. The van der Waals surface area contributed by atoms with Crippen LogP contribution in [-0.2, 0) is 0 Å². The van der Waals surface area contributed by atoms with Crippen molar-refractivity contribution in [2.24, 2.45) is 17.8 Å². The molecule has 2 unspecified atom stereocenters. The summed E-state index contributed by atoms with van der Waals surface area (Å²) >= 11 is 0. The van der Waals surface area contributed by atoms with Crippen LogP contribution in [-0.4, -0.2) is 18.2 Å². The Morgan fingerprint density at radius 3 is 1.21 bits per heavy atom. The molecule has 0 aromatic heterocycles. The highest BCUT2D eigenvalue weighted by atomic mass is 15.3. The van der Waals surface area contributed by atoms with Crippen LogP contribution in [0.2, 0.25) is 0 Å². The first-order valence-corrected chi connectivity index (χ1v) is 5.95. The second-order valence-corrected chi connectivity index (χ2v) is 5.59. The smallest absolute Gasteiger partial charge is 0.0600 e. The molecule has 84 valence electrons. The zero-order chi connectivity index (χ0) is 10.9. The lowest BCUT2D eigenvalue weighted by molar-refractivity contribution is 0.337. The maximum absolute atomic E-state index is 3.71. The van der Waals surface area contributed by atoms with Crippen molar-refractivity contribution in [3.05, 3.63) is 0 Å². The van der Waals surface area contributed by atoms with E-state index in [0.29, 0.717) is 36.0 Å². The molecular weight excluding hydrogens is 172 g/mol. The maximum Gasteiger partial charge on any atom is 0.0600 e. The highest BCUT2D eigenvalue weighted by Crippen LogP contribution is 2.21. The SMILES string of the molecule is CC(C)C1NC(C(C)C)C(C(C)C)N1. The topological polar surface area (TPSA) is 24.1 Å². The van der Waals surface area contributed by atoms with E-state index < -0.39 is 0 Å². The zero-order valence-electron chi connectivity index (χ0n) is 10.5. The van der Waals surface area contributed by atoms with Gasteiger partial charge < -0.3 is 0 Å². The molecule has 2 heteroatoms. The van der Waals surface area contributed by atoms with Crippen LogP contribution in [0.5, 0.6) is 0 Å². The minimum absolute atomic E-state index is 0.495. The minimum Gasteiger partial charge on any atom is -0.297 e. The third-order valence-electron chi connectivity index (χ3n) is 3.23. The molecule has 1 heterocycles. The molecule has 1 aliphatic heterocycles. The van der Waals surface area contributed by atoms with Gasteiger partial charge in [-0.25, -0.2) is 0 Å². The van der Waals surface area contributed by atoms with E-state index in [-0.39, 0.29) is 0 Å². The third kappa shape index (κ3) is 2.48. The molecule has 2 nitrogen and oxygen atoms in total. The molecule has 14 heavy (non-hydrogen) atoms. The summed E-state index contributed by atoms with van der Waals surface area (Å²) in [7, 11) is 0. The summed E-state index contributed by atoms with van der Waals surface area (Å²) < 4.78 is 0. The van der Waals surface area contributed by atoms with Gasteiger partial charge in [0, 0.05) is 12.1 Å². The Kier molecular flexibility index (Phi) is 3.96. The molecule has 0 spiro atoms. The van der Waals surface area contributed by atoms with Crippen LogP contribution < -0.4 is 10.6 Å². The van der Waals surface area contributed by atoms with Gasteiger partial charge in [0.1, 0.15) is 0 Å². The van der Waals surface area contributed by atoms with Crippen LogP contribution in [0, 0.1) is 17.8 Å². The lowest BCUT2D eigenvalue weighted by Crippen LogP contribution is -2.41. The second kappa shape index (κ2) is 4.63. The molecule has 0 radical (unpaired) electrons. The van der Waals surface area contributed by atoms with E-state index in [0.717, 1.165) is 0 Å². The summed E-state index contributed by atoms with van der Waals surface area (Å²) in [5.74, 6) is 2.08. The van der Waals surface area contributed by atoms with Gasteiger partial charge in [0.05, 0.1) is 6.17 Å². The summed E-state index contributed by atoms with van der Waals surface area (Å²) in [6.07, 6.45) is 0.495. The Bertz CT molecular complexity index is 159. The van der Waals surface area contributed by atoms with Crippen molar-refractivity contribution in [1.82, 2.24) is 10.6 Å². The van der Waals surface area contributed by atoms with Gasteiger partial charge in [-0.1, -0.05) is 41.5 Å². The number of nitrogens with one attached hydrogen (secondary N) is 2. The zero-order valence-corrected chi connectivity index (χ0v) is 10.5. The molecule has 0 aliphatic carbocycles. The van der Waals surface area contributed by atoms with E-state index >= 15 is 0 Å². The van der Waals surface area contributed by atoms with Crippen molar-refractivity contribution in [2.75, 3.05) is 0 Å². The standard InChI is InChI=1S/C12H26N2/c1-7(2)10-11(8(3)4)14-12(13-10)9(5)6/h7-14H,1-6H3. The predicted octanol–water partition coefficient (Wildman–Crippen LogP) is 2.21. The van der Waals surface area contributed by atoms with Crippen LogP contribution in [0.3, 0.4) is 0 Å². The maximum atomic E-state index is 3.71. The van der Waals surface area contributed by atoms with E-state index in [1.807, 2.05) is 0 Å². The Morgan fingerprint density at radius 1 is 0.643 bits per heavy atom. The highest BCUT2D eigenvalue weighted by Gasteiger charge is 2.37. The lowest BCUT2D eigenvalue weighted by atomic mass is 9.90. The van der Waals surface area contributed by atoms with Gasteiger partial charge in [0.15, 0.2) is 0 Å². The normalized spacial score (nSPS) is 33.6. The predicted molar refractivity (Wildman–Crippen MR) is 62.1 cm³/mol. The first-order valence-electron chi connectivity index (χ1n) is 5.95. The summed E-state index contributed by atoms with van der Waals surface area (Å²) in [5.41, 5.74) is 0. The number of hydrogen-bond donors (Lipinski definition) is 2. The molecule has 1 aliphatic rings. The van der Waals surface area contributed by atoms with E-state index in [1.54, 1.807) is 0 Å². The van der Waals surface area contributed by atoms with Gasteiger partial charge >= 0.3 is 0 Å². The Labute approximate surface area is 88.8 Å². The van der Waals surface area contributed by atoms with Crippen LogP contribution in [0.25, 0.3) is 0 Å². The molecular formula is C12H26N2. The van der Waals surface area contributed by atoms with Crippen molar-refractivity contribution in [2.45, 2.75) is 59.8 Å². The van der Waals surface area contributed by atoms with Crippen LogP contribution >= 0.6 is 0 Å². The molecule has 1 saturated heterocycles. The molecule has 0 amide bonds. The van der Waals surface area contributed by atoms with Crippen LogP contribution in [0.1, 0.15) is 41.5 Å². The van der Waals surface area contributed by atoms with Gasteiger partial charge in [-0.05, 0) is 17.8 Å². The molecule has 1 rings (SSSR count). The van der Waals surface area contributed by atoms with Crippen LogP contribution in [0.15, 0.2) is 0 Å². The third-order valence-corrected chi connectivity index (χ3v) is 3.23. The van der Waals surface area contributed by atoms with Crippen molar-refractivity contribution < 1.29 is 0 Å². The van der Waals surface area contributed by atoms with Gasteiger partial charge in [-0.3, -0.25) is 10.6 Å². The van der Waals surface area contributed by atoms with Crippen molar-refractivity contribution in [3.8, 4) is 0 Å². The average molecular weight is 198 g/mol. The molecule has 0 aromatic rings. The van der Waals surface area contributed by atoms with Crippen molar-refractivity contribution in [1.29, 1.82) is 0 Å². The van der Waals surface area contributed by atoms with E-state index in [2.05, 4.69) is 52.2 Å². The number of hydrogen-bond acceptors (Lipinski definition) is 2. The number of rotatable bonds is 3. The molecule has 2 N–H and O–H groups in total. The Balaban J connectivity index is 2.65. The second-order valence-electron chi connectivity index (χ2n) is 5.59. The largest absolute Gasteiger partial charge is 0.297 e. The summed E-state index contributed by atoms with van der Waals surface area (Å²) in [4.78, 5) is 0. The van der Waals surface area contributed by atoms with Gasteiger partial charge in [-0.2, -0.15) is 0 Å². The monoisotopic (exact) mass is 198 g/mol. The van der Waals surface area contributed by atoms with Crippen molar-refractivity contribution >= 4 is 0 Å². The van der Waals surface area contributed by atoms with Crippen molar-refractivity contribution in [3.63, 3.8) is 0 Å². The van der Waals surface area contributed by atoms with Gasteiger partial charge in [0.2, 0.25) is 0 Å². The first kappa shape index (κ1) is 12.0. The molecule has 0 bridgehead atoms. The molecule has 0 saturated carbocycles. The average Bonchev–Trinajstić information content (AvgIpc) is 2.47. The summed E-state index contributed by atoms with van der Waals surface area (Å²) in [6.45, 7) is 13.7. The summed E-state index contributed by atoms with van der Waals surface area (Å²) in [5, 5.41) is 7.42. The van der Waals surface area contributed by atoms with Gasteiger partial charge in [-0.15, -0.1) is 0 Å². The highest BCUT2D eigenvalue weighted by molar-refractivity contribution is 4.96. The van der Waals surface area contributed by atoms with E-state index in [1.165, 1.54) is 0 Å². The Hall–Kier alpha value is -0.0800. The van der Waals surface area contributed by atoms with E-state index in [9.17, 15) is 0 Å². The van der Waals surface area contributed by atoms with Gasteiger partial charge in [0.25, 0.3) is 0 Å². The van der Waals surface area contributed by atoms with Crippen LogP contribution in [0.4, 0.5) is 0 Å². The fourth-order valence-corrected chi connectivity index (χ4v) is 2.27. The lowest BCUT2D eigenvalue weighted by Gasteiger charge is -2.25. The minimum atomic E-state index is 0.495.